The molecule has 1 rings (SSSR count). The Balaban J connectivity index is 0. The van der Waals surface area contributed by atoms with E-state index in [-0.39, 0.29) is 41.3 Å². The molecule has 4 amide bonds. The lowest BCUT2D eigenvalue weighted by Crippen LogP contribution is -2.36. The average molecular weight is 563 g/mol. The number of aldehydes is 1. The van der Waals surface area contributed by atoms with E-state index in [1.807, 2.05) is 13.0 Å². The fourth-order valence-electron chi connectivity index (χ4n) is 3.41. The van der Waals surface area contributed by atoms with Crippen LogP contribution in [-0.2, 0) is 14.4 Å². The van der Waals surface area contributed by atoms with Gasteiger partial charge in [-0.05, 0) is 45.2 Å². The van der Waals surface area contributed by atoms with Gasteiger partial charge in [-0.3, -0.25) is 24.0 Å². The van der Waals surface area contributed by atoms with Gasteiger partial charge >= 0.3 is 0 Å². The number of amides is 4. The molecule has 10 heteroatoms. The predicted octanol–water partition coefficient (Wildman–Crippen LogP) is 4.03. The molecule has 1 aromatic carbocycles. The number of ether oxygens (including phenoxy) is 1. The highest BCUT2D eigenvalue weighted by molar-refractivity contribution is 6.04. The van der Waals surface area contributed by atoms with Crippen molar-refractivity contribution in [3.05, 3.63) is 42.0 Å². The van der Waals surface area contributed by atoms with Crippen LogP contribution < -0.4 is 21.1 Å². The normalized spacial score (nSPS) is 10.3. The van der Waals surface area contributed by atoms with Gasteiger partial charge in [0.15, 0.2) is 12.9 Å². The van der Waals surface area contributed by atoms with Crippen LogP contribution in [0.4, 0.5) is 0 Å². The molecule has 1 atom stereocenters. The highest BCUT2D eigenvalue weighted by Gasteiger charge is 2.24. The van der Waals surface area contributed by atoms with Crippen molar-refractivity contribution in [3.8, 4) is 5.75 Å². The van der Waals surface area contributed by atoms with Crippen molar-refractivity contribution < 1.29 is 28.7 Å². The SMILES string of the molecule is C=CCC.CCCC(C)N(C)C(=O)c1c(C=O)cccc1OCC(=O)NCCCCCCCCN.O=CNC=O. The largest absolute Gasteiger partial charge is 0.483 e. The second-order valence-electron chi connectivity index (χ2n) is 9.04. The molecular formula is C30H50N4O6. The summed E-state index contributed by atoms with van der Waals surface area (Å²) in [5.74, 6) is -0.278. The number of nitrogens with one attached hydrogen (secondary N) is 2. The van der Waals surface area contributed by atoms with Gasteiger partial charge < -0.3 is 26.0 Å². The van der Waals surface area contributed by atoms with E-state index in [0.717, 1.165) is 57.9 Å². The van der Waals surface area contributed by atoms with Gasteiger partial charge in [0.05, 0.1) is 5.56 Å². The van der Waals surface area contributed by atoms with Gasteiger partial charge in [0.1, 0.15) is 5.75 Å². The number of benzene rings is 1. The number of hydrogen-bond acceptors (Lipinski definition) is 7. The number of nitrogens with zero attached hydrogens (tertiary/aromatic N) is 1. The molecule has 0 saturated carbocycles. The molecule has 1 unspecified atom stereocenters. The highest BCUT2D eigenvalue weighted by atomic mass is 16.5. The smallest absolute Gasteiger partial charge is 0.258 e. The number of carbonyl (C=O) groups is 5. The van der Waals surface area contributed by atoms with E-state index in [1.165, 1.54) is 6.42 Å². The number of nitrogens with two attached hydrogens (primary N) is 1. The molecule has 0 radical (unpaired) electrons. The Labute approximate surface area is 240 Å². The van der Waals surface area contributed by atoms with Gasteiger partial charge in [0, 0.05) is 25.2 Å². The van der Waals surface area contributed by atoms with Crippen LogP contribution in [0, 0.1) is 0 Å². The van der Waals surface area contributed by atoms with Crippen molar-refractivity contribution in [2.45, 2.75) is 84.6 Å². The van der Waals surface area contributed by atoms with Crippen molar-refractivity contribution in [2.24, 2.45) is 5.73 Å². The van der Waals surface area contributed by atoms with Crippen LogP contribution in [0.2, 0.25) is 0 Å². The van der Waals surface area contributed by atoms with Gasteiger partial charge in [-0.15, -0.1) is 6.58 Å². The second kappa shape index (κ2) is 27.1. The van der Waals surface area contributed by atoms with Crippen molar-refractivity contribution >= 4 is 30.9 Å². The molecule has 0 spiro atoms. The molecule has 0 fully saturated rings. The van der Waals surface area contributed by atoms with Gasteiger partial charge in [-0.25, -0.2) is 0 Å². The van der Waals surface area contributed by atoms with E-state index in [4.69, 9.17) is 20.1 Å². The molecule has 226 valence electrons. The van der Waals surface area contributed by atoms with E-state index < -0.39 is 0 Å². The molecular weight excluding hydrogens is 512 g/mol. The first-order chi connectivity index (χ1) is 19.3. The molecule has 0 aliphatic carbocycles. The minimum atomic E-state index is -0.284. The fourth-order valence-corrected chi connectivity index (χ4v) is 3.41. The van der Waals surface area contributed by atoms with Crippen molar-refractivity contribution in [1.82, 2.24) is 15.5 Å². The lowest BCUT2D eigenvalue weighted by molar-refractivity contribution is -0.123. The average Bonchev–Trinajstić information content (AvgIpc) is 2.97. The van der Waals surface area contributed by atoms with Gasteiger partial charge in [-0.2, -0.15) is 0 Å². The van der Waals surface area contributed by atoms with Gasteiger partial charge in [-0.1, -0.05) is 64.2 Å². The zero-order valence-electron chi connectivity index (χ0n) is 24.8. The maximum atomic E-state index is 13.0. The van der Waals surface area contributed by atoms with Crippen LogP contribution in [0.15, 0.2) is 30.9 Å². The molecule has 0 bridgehead atoms. The minimum Gasteiger partial charge on any atom is -0.483 e. The predicted molar refractivity (Wildman–Crippen MR) is 159 cm³/mol. The number of allylic oxidation sites excluding steroid dienone is 1. The Morgan fingerprint density at radius 2 is 1.65 bits per heavy atom. The monoisotopic (exact) mass is 562 g/mol. The van der Waals surface area contributed by atoms with Crippen LogP contribution in [0.1, 0.15) is 99.3 Å². The van der Waals surface area contributed by atoms with Crippen molar-refractivity contribution in [3.63, 3.8) is 0 Å². The lowest BCUT2D eigenvalue weighted by Gasteiger charge is -2.26. The summed E-state index contributed by atoms with van der Waals surface area (Å²) >= 11 is 0. The Morgan fingerprint density at radius 3 is 2.15 bits per heavy atom. The van der Waals surface area contributed by atoms with Crippen LogP contribution in [0.25, 0.3) is 0 Å². The zero-order valence-corrected chi connectivity index (χ0v) is 24.8. The van der Waals surface area contributed by atoms with E-state index >= 15 is 0 Å². The molecule has 40 heavy (non-hydrogen) atoms. The number of imide groups is 1. The number of hydrogen-bond donors (Lipinski definition) is 3. The number of rotatable bonds is 19. The standard InChI is InChI=1S/C24H39N3O4.C4H8.C2H3NO2/c1-4-12-19(2)27(3)24(30)23-20(17-28)13-11-14-21(23)31-18-22(29)26-16-10-8-6-5-7-9-15-25;1-3-4-2;4-1-3-2-5/h11,13-14,17,19H,4-10,12,15-16,18,25H2,1-3H3,(H,26,29);3H,1,4H2,2H3;1-2H,(H,3,4,5). The minimum absolute atomic E-state index is 0.0312. The van der Waals surface area contributed by atoms with Crippen molar-refractivity contribution in [1.29, 1.82) is 0 Å². The summed E-state index contributed by atoms with van der Waals surface area (Å²) in [6.07, 6.45) is 12.5. The third kappa shape index (κ3) is 18.7. The summed E-state index contributed by atoms with van der Waals surface area (Å²) in [6.45, 7) is 10.7. The first-order valence-electron chi connectivity index (χ1n) is 14.0. The van der Waals surface area contributed by atoms with E-state index in [1.54, 1.807) is 35.5 Å². The first-order valence-corrected chi connectivity index (χ1v) is 14.0. The maximum absolute atomic E-state index is 13.0. The third-order valence-corrected chi connectivity index (χ3v) is 5.82. The second-order valence-corrected chi connectivity index (χ2v) is 9.04. The fraction of sp³-hybridized carbons (Fsp3) is 0.567. The molecule has 0 aliphatic rings. The molecule has 0 aliphatic heterocycles. The van der Waals surface area contributed by atoms with Crippen LogP contribution >= 0.6 is 0 Å². The Morgan fingerprint density at radius 1 is 1.05 bits per heavy atom. The zero-order chi connectivity index (χ0) is 30.6. The van der Waals surface area contributed by atoms with Gasteiger partial charge in [0.2, 0.25) is 12.8 Å². The summed E-state index contributed by atoms with van der Waals surface area (Å²) in [7, 11) is 1.72. The Kier molecular flexibility index (Phi) is 26.1. The van der Waals surface area contributed by atoms with Crippen LogP contribution in [0.3, 0.4) is 0 Å². The topological polar surface area (TPSA) is 148 Å². The summed E-state index contributed by atoms with van der Waals surface area (Å²) in [5.41, 5.74) is 5.94. The number of unbranched alkanes of at least 4 members (excludes halogenated alkanes) is 5. The molecule has 0 aromatic heterocycles. The molecule has 4 N–H and O–H groups in total. The number of carbonyl (C=O) groups excluding carboxylic acids is 5. The lowest BCUT2D eigenvalue weighted by atomic mass is 10.0. The van der Waals surface area contributed by atoms with E-state index in [2.05, 4.69) is 25.7 Å². The van der Waals surface area contributed by atoms with Crippen molar-refractivity contribution in [2.75, 3.05) is 26.7 Å². The summed E-state index contributed by atoms with van der Waals surface area (Å²) < 4.78 is 5.64. The van der Waals surface area contributed by atoms with E-state index in [0.29, 0.717) is 25.7 Å². The molecule has 10 nitrogen and oxygen atoms in total. The Bertz CT molecular complexity index is 857. The summed E-state index contributed by atoms with van der Waals surface area (Å²) in [6, 6.07) is 4.88. The Hall–Kier alpha value is -3.53. The summed E-state index contributed by atoms with van der Waals surface area (Å²) in [4.78, 5) is 56.4. The molecule has 0 heterocycles. The third-order valence-electron chi connectivity index (χ3n) is 5.82. The van der Waals surface area contributed by atoms with Crippen LogP contribution in [0.5, 0.6) is 5.75 Å². The van der Waals surface area contributed by atoms with E-state index in [9.17, 15) is 14.4 Å². The molecule has 0 saturated heterocycles. The first kappa shape index (κ1) is 38.6. The maximum Gasteiger partial charge on any atom is 0.258 e. The highest BCUT2D eigenvalue weighted by Crippen LogP contribution is 2.24. The van der Waals surface area contributed by atoms with Crippen LogP contribution in [-0.4, -0.2) is 68.6 Å². The van der Waals surface area contributed by atoms with Gasteiger partial charge in [0.25, 0.3) is 11.8 Å². The quantitative estimate of drug-likeness (QED) is 0.131. The molecule has 1 aromatic rings. The summed E-state index contributed by atoms with van der Waals surface area (Å²) in [5, 5.41) is 4.59.